The van der Waals surface area contributed by atoms with Crippen LogP contribution in [0.1, 0.15) is 5.01 Å². The summed E-state index contributed by atoms with van der Waals surface area (Å²) in [5.74, 6) is 0.665. The molecule has 3 aromatic rings. The van der Waals surface area contributed by atoms with Crippen LogP contribution >= 0.6 is 11.3 Å². The second-order valence-corrected chi connectivity index (χ2v) is 4.68. The molecule has 2 heterocycles. The Hall–Kier alpha value is -2.21. The Bertz CT molecular complexity index is 649. The molecule has 6 heteroatoms. The molecule has 0 bridgehead atoms. The van der Waals surface area contributed by atoms with Crippen molar-refractivity contribution in [3.05, 3.63) is 41.7 Å². The van der Waals surface area contributed by atoms with Gasteiger partial charge in [0, 0.05) is 12.4 Å². The number of hydrogen-bond donors (Lipinski definition) is 1. The lowest BCUT2D eigenvalue weighted by atomic mass is 10.3. The van der Waals surface area contributed by atoms with Gasteiger partial charge in [-0.2, -0.15) is 0 Å². The number of anilines is 1. The van der Waals surface area contributed by atoms with Crippen LogP contribution in [0.25, 0.3) is 10.5 Å². The summed E-state index contributed by atoms with van der Waals surface area (Å²) in [4.78, 5) is 13.5. The monoisotopic (exact) mass is 258 g/mol. The van der Waals surface area contributed by atoms with Crippen molar-refractivity contribution in [2.75, 3.05) is 5.73 Å². The molecule has 0 unspecified atom stereocenters. The highest BCUT2D eigenvalue weighted by atomic mass is 32.1. The molecule has 18 heavy (non-hydrogen) atoms. The predicted molar refractivity (Wildman–Crippen MR) is 70.4 cm³/mol. The number of thiazole rings is 1. The highest BCUT2D eigenvalue weighted by Crippen LogP contribution is 2.23. The van der Waals surface area contributed by atoms with Gasteiger partial charge in [-0.05, 0) is 12.1 Å². The maximum atomic E-state index is 5.79. The average molecular weight is 258 g/mol. The van der Waals surface area contributed by atoms with Gasteiger partial charge in [-0.1, -0.05) is 23.5 Å². The summed E-state index contributed by atoms with van der Waals surface area (Å²) in [6.45, 7) is 0.372. The van der Waals surface area contributed by atoms with E-state index >= 15 is 0 Å². The van der Waals surface area contributed by atoms with Crippen molar-refractivity contribution in [3.63, 3.8) is 0 Å². The molecule has 90 valence electrons. The zero-order valence-electron chi connectivity index (χ0n) is 9.41. The standard InChI is InChI=1S/C12H10N4OS/c13-8-3-1-2-4-9(8)17-7-10-16-11-12(18-10)15-6-5-14-11/h1-6H,7,13H2. The van der Waals surface area contributed by atoms with Crippen molar-refractivity contribution >= 4 is 27.5 Å². The number of benzene rings is 1. The normalized spacial score (nSPS) is 10.7. The molecule has 2 N–H and O–H groups in total. The van der Waals surface area contributed by atoms with Crippen molar-refractivity contribution < 1.29 is 4.74 Å². The van der Waals surface area contributed by atoms with Crippen LogP contribution in [0.4, 0.5) is 5.69 Å². The smallest absolute Gasteiger partial charge is 0.189 e. The Morgan fingerprint density at radius 3 is 2.83 bits per heavy atom. The number of nitrogens with zero attached hydrogens (tertiary/aromatic N) is 3. The van der Waals surface area contributed by atoms with Crippen LogP contribution in [-0.2, 0) is 6.61 Å². The summed E-state index contributed by atoms with van der Waals surface area (Å²) >= 11 is 1.47. The molecule has 0 spiro atoms. The Balaban J connectivity index is 1.79. The molecule has 0 saturated carbocycles. The molecule has 5 nitrogen and oxygen atoms in total. The Morgan fingerprint density at radius 2 is 2.00 bits per heavy atom. The van der Waals surface area contributed by atoms with E-state index in [1.165, 1.54) is 11.3 Å². The van der Waals surface area contributed by atoms with Gasteiger partial charge in [0.2, 0.25) is 0 Å². The van der Waals surface area contributed by atoms with Crippen molar-refractivity contribution in [3.8, 4) is 5.75 Å². The molecule has 0 radical (unpaired) electrons. The van der Waals surface area contributed by atoms with E-state index in [1.54, 1.807) is 18.5 Å². The Kier molecular flexibility index (Phi) is 2.77. The molecule has 0 aliphatic heterocycles. The third-order valence-electron chi connectivity index (χ3n) is 2.36. The minimum Gasteiger partial charge on any atom is -0.484 e. The predicted octanol–water partition coefficient (Wildman–Crippen LogP) is 2.25. The molecular formula is C12H10N4OS. The van der Waals surface area contributed by atoms with Gasteiger partial charge in [-0.15, -0.1) is 0 Å². The quantitative estimate of drug-likeness (QED) is 0.729. The summed E-state index contributed by atoms with van der Waals surface area (Å²) in [5, 5.41) is 0.833. The first-order valence-electron chi connectivity index (χ1n) is 5.36. The highest BCUT2D eigenvalue weighted by molar-refractivity contribution is 7.18. The van der Waals surface area contributed by atoms with E-state index in [2.05, 4.69) is 15.0 Å². The number of ether oxygens (including phenoxy) is 1. The summed E-state index contributed by atoms with van der Waals surface area (Å²) < 4.78 is 5.62. The van der Waals surface area contributed by atoms with E-state index in [4.69, 9.17) is 10.5 Å². The van der Waals surface area contributed by atoms with E-state index in [1.807, 2.05) is 18.2 Å². The maximum absolute atomic E-state index is 5.79. The third kappa shape index (κ3) is 2.10. The van der Waals surface area contributed by atoms with Gasteiger partial charge < -0.3 is 10.5 Å². The first kappa shape index (κ1) is 10.9. The third-order valence-corrected chi connectivity index (χ3v) is 3.29. The molecule has 3 rings (SSSR count). The molecule has 0 saturated heterocycles. The van der Waals surface area contributed by atoms with E-state index in [0.717, 1.165) is 9.84 Å². The van der Waals surface area contributed by atoms with Gasteiger partial charge in [-0.3, -0.25) is 0 Å². The number of nitrogen functional groups attached to an aromatic ring is 1. The van der Waals surface area contributed by atoms with Crippen molar-refractivity contribution in [2.24, 2.45) is 0 Å². The van der Waals surface area contributed by atoms with Crippen molar-refractivity contribution in [1.82, 2.24) is 15.0 Å². The summed E-state index contributed by atoms with van der Waals surface area (Å²) in [7, 11) is 0. The first-order chi connectivity index (χ1) is 8.83. The number of fused-ring (bicyclic) bond motifs is 1. The minimum absolute atomic E-state index is 0.372. The fourth-order valence-electron chi connectivity index (χ4n) is 1.53. The van der Waals surface area contributed by atoms with Gasteiger partial charge in [0.15, 0.2) is 10.5 Å². The van der Waals surface area contributed by atoms with Gasteiger partial charge >= 0.3 is 0 Å². The lowest BCUT2D eigenvalue weighted by Crippen LogP contribution is -1.97. The molecule has 0 atom stereocenters. The minimum atomic E-state index is 0.372. The SMILES string of the molecule is Nc1ccccc1OCc1nc2nccnc2s1. The Morgan fingerprint density at radius 1 is 1.17 bits per heavy atom. The first-order valence-corrected chi connectivity index (χ1v) is 6.18. The second-order valence-electron chi connectivity index (χ2n) is 3.62. The zero-order valence-corrected chi connectivity index (χ0v) is 10.2. The molecule has 2 aromatic heterocycles. The fourth-order valence-corrected chi connectivity index (χ4v) is 2.31. The van der Waals surface area contributed by atoms with Gasteiger partial charge in [0.05, 0.1) is 5.69 Å². The molecule has 0 aliphatic carbocycles. The number of aromatic nitrogens is 3. The molecular weight excluding hydrogens is 248 g/mol. The average Bonchev–Trinajstić information content (AvgIpc) is 2.80. The fraction of sp³-hybridized carbons (Fsp3) is 0.0833. The van der Waals surface area contributed by atoms with Crippen LogP contribution in [0.3, 0.4) is 0 Å². The lowest BCUT2D eigenvalue weighted by Gasteiger charge is -2.05. The topological polar surface area (TPSA) is 73.9 Å². The Labute approximate surface area is 107 Å². The highest BCUT2D eigenvalue weighted by Gasteiger charge is 2.06. The molecule has 0 fully saturated rings. The van der Waals surface area contributed by atoms with Crippen LogP contribution in [0.5, 0.6) is 5.75 Å². The van der Waals surface area contributed by atoms with E-state index in [0.29, 0.717) is 23.7 Å². The molecule has 0 aliphatic rings. The summed E-state index contributed by atoms with van der Waals surface area (Å²) in [5.41, 5.74) is 7.07. The number of para-hydroxylation sites is 2. The maximum Gasteiger partial charge on any atom is 0.189 e. The number of hydrogen-bond acceptors (Lipinski definition) is 6. The van der Waals surface area contributed by atoms with Crippen LogP contribution in [0.2, 0.25) is 0 Å². The van der Waals surface area contributed by atoms with Crippen molar-refractivity contribution in [2.45, 2.75) is 6.61 Å². The van der Waals surface area contributed by atoms with Crippen LogP contribution in [0, 0.1) is 0 Å². The largest absolute Gasteiger partial charge is 0.484 e. The van der Waals surface area contributed by atoms with E-state index in [9.17, 15) is 0 Å². The van der Waals surface area contributed by atoms with E-state index in [-0.39, 0.29) is 0 Å². The van der Waals surface area contributed by atoms with Gasteiger partial charge in [-0.25, -0.2) is 15.0 Å². The second kappa shape index (κ2) is 4.58. The molecule has 1 aromatic carbocycles. The van der Waals surface area contributed by atoms with Gasteiger partial charge in [0.1, 0.15) is 17.4 Å². The van der Waals surface area contributed by atoms with Crippen LogP contribution in [-0.4, -0.2) is 15.0 Å². The number of nitrogens with two attached hydrogens (primary N) is 1. The summed E-state index contributed by atoms with van der Waals surface area (Å²) in [6, 6.07) is 7.39. The number of rotatable bonds is 3. The van der Waals surface area contributed by atoms with E-state index < -0.39 is 0 Å². The molecule has 0 amide bonds. The van der Waals surface area contributed by atoms with Crippen LogP contribution < -0.4 is 10.5 Å². The van der Waals surface area contributed by atoms with Gasteiger partial charge in [0.25, 0.3) is 0 Å². The van der Waals surface area contributed by atoms with Crippen LogP contribution in [0.15, 0.2) is 36.7 Å². The lowest BCUT2D eigenvalue weighted by molar-refractivity contribution is 0.307. The van der Waals surface area contributed by atoms with Crippen molar-refractivity contribution in [1.29, 1.82) is 0 Å². The summed E-state index contributed by atoms with van der Waals surface area (Å²) in [6.07, 6.45) is 3.28. The zero-order chi connectivity index (χ0) is 12.4.